The summed E-state index contributed by atoms with van der Waals surface area (Å²) in [5, 5.41) is 4.08. The Hall–Kier alpha value is -1.17. The third kappa shape index (κ3) is 6.00. The van der Waals surface area contributed by atoms with Crippen LogP contribution in [0.25, 0.3) is 0 Å². The summed E-state index contributed by atoms with van der Waals surface area (Å²) in [6.07, 6.45) is 6.79. The molecule has 2 nitrogen and oxygen atoms in total. The molecule has 1 aromatic carbocycles. The number of unbranched alkanes of at least 4 members (excludes halogenated alkanes) is 1. The molecule has 104 valence electrons. The molecular formula is C16H22ClNO. The zero-order chi connectivity index (χ0) is 14.3. The molecular weight excluding hydrogens is 258 g/mol. The van der Waals surface area contributed by atoms with Crippen molar-refractivity contribution in [2.75, 3.05) is 6.61 Å². The van der Waals surface area contributed by atoms with Gasteiger partial charge in [0.2, 0.25) is 0 Å². The highest BCUT2D eigenvalue weighted by atomic mass is 35.5. The molecule has 0 saturated carbocycles. The van der Waals surface area contributed by atoms with E-state index in [0.717, 1.165) is 30.7 Å². The molecule has 1 aromatic rings. The van der Waals surface area contributed by atoms with E-state index in [2.05, 4.69) is 32.0 Å². The Kier molecular flexibility index (Phi) is 6.21. The smallest absolute Gasteiger partial charge is 0.142 e. The molecule has 0 heterocycles. The molecule has 0 amide bonds. The van der Waals surface area contributed by atoms with Gasteiger partial charge in [-0.25, -0.2) is 0 Å². The number of rotatable bonds is 6. The molecule has 0 aromatic heterocycles. The van der Waals surface area contributed by atoms with Crippen LogP contribution in [0.2, 0.25) is 5.02 Å². The number of para-hydroxylation sites is 1. The Labute approximate surface area is 121 Å². The molecule has 0 radical (unpaired) electrons. The number of hydrogen-bond donors (Lipinski definition) is 1. The number of benzene rings is 1. The lowest BCUT2D eigenvalue weighted by Gasteiger charge is -2.22. The number of nitrogens with one attached hydrogen (secondary N) is 1. The van der Waals surface area contributed by atoms with Crippen LogP contribution in [0.5, 0.6) is 5.75 Å². The van der Waals surface area contributed by atoms with Gasteiger partial charge in [0.15, 0.2) is 0 Å². The summed E-state index contributed by atoms with van der Waals surface area (Å²) in [7, 11) is 0. The van der Waals surface area contributed by atoms with E-state index in [4.69, 9.17) is 22.8 Å². The summed E-state index contributed by atoms with van der Waals surface area (Å²) in [6, 6.07) is 5.82. The SMILES string of the molecule is C#CCCCOc1c(Cl)cccc1CNC(C)(C)C. The van der Waals surface area contributed by atoms with Gasteiger partial charge in [-0.15, -0.1) is 12.3 Å². The predicted octanol–water partition coefficient (Wildman–Crippen LogP) is 4.02. The molecule has 0 spiro atoms. The second-order valence-electron chi connectivity index (χ2n) is 5.49. The maximum absolute atomic E-state index is 6.20. The first-order valence-electron chi connectivity index (χ1n) is 6.53. The van der Waals surface area contributed by atoms with Gasteiger partial charge in [-0.1, -0.05) is 23.7 Å². The zero-order valence-electron chi connectivity index (χ0n) is 11.9. The van der Waals surface area contributed by atoms with Crippen LogP contribution in [-0.2, 0) is 6.54 Å². The molecule has 0 bridgehead atoms. The fourth-order valence-electron chi connectivity index (χ4n) is 1.56. The molecule has 0 aliphatic heterocycles. The fraction of sp³-hybridized carbons (Fsp3) is 0.500. The lowest BCUT2D eigenvalue weighted by atomic mass is 10.1. The Morgan fingerprint density at radius 1 is 1.37 bits per heavy atom. The average Bonchev–Trinajstić information content (AvgIpc) is 2.33. The van der Waals surface area contributed by atoms with Crippen molar-refractivity contribution < 1.29 is 4.74 Å². The molecule has 0 atom stereocenters. The van der Waals surface area contributed by atoms with Crippen LogP contribution in [-0.4, -0.2) is 12.1 Å². The van der Waals surface area contributed by atoms with E-state index in [-0.39, 0.29) is 5.54 Å². The van der Waals surface area contributed by atoms with E-state index in [0.29, 0.717) is 11.6 Å². The van der Waals surface area contributed by atoms with Gasteiger partial charge in [-0.2, -0.15) is 0 Å². The van der Waals surface area contributed by atoms with Gasteiger partial charge in [-0.05, 0) is 33.3 Å². The monoisotopic (exact) mass is 279 g/mol. The first kappa shape index (κ1) is 15.9. The van der Waals surface area contributed by atoms with Gasteiger partial charge in [-0.3, -0.25) is 0 Å². The van der Waals surface area contributed by atoms with Crippen molar-refractivity contribution in [2.24, 2.45) is 0 Å². The standard InChI is InChI=1S/C16H22ClNO/c1-5-6-7-11-19-15-13(9-8-10-14(15)17)12-18-16(2,3)4/h1,8-10,18H,6-7,11-12H2,2-4H3. The summed E-state index contributed by atoms with van der Waals surface area (Å²) >= 11 is 6.20. The van der Waals surface area contributed by atoms with Crippen LogP contribution in [0.3, 0.4) is 0 Å². The van der Waals surface area contributed by atoms with Gasteiger partial charge in [0, 0.05) is 24.1 Å². The lowest BCUT2D eigenvalue weighted by molar-refractivity contribution is 0.307. The highest BCUT2D eigenvalue weighted by Gasteiger charge is 2.12. The minimum absolute atomic E-state index is 0.0586. The first-order chi connectivity index (χ1) is 8.94. The van der Waals surface area contributed by atoms with Gasteiger partial charge >= 0.3 is 0 Å². The van der Waals surface area contributed by atoms with Crippen LogP contribution < -0.4 is 10.1 Å². The summed E-state index contributed by atoms with van der Waals surface area (Å²) < 4.78 is 5.77. The van der Waals surface area contributed by atoms with Crippen molar-refractivity contribution in [3.05, 3.63) is 28.8 Å². The van der Waals surface area contributed by atoms with Crippen molar-refractivity contribution in [1.29, 1.82) is 0 Å². The third-order valence-electron chi connectivity index (χ3n) is 2.57. The summed E-state index contributed by atoms with van der Waals surface area (Å²) in [6.45, 7) is 7.71. The summed E-state index contributed by atoms with van der Waals surface area (Å²) in [4.78, 5) is 0. The predicted molar refractivity (Wildman–Crippen MR) is 81.6 cm³/mol. The average molecular weight is 280 g/mol. The lowest BCUT2D eigenvalue weighted by Crippen LogP contribution is -2.35. The summed E-state index contributed by atoms with van der Waals surface area (Å²) in [5.74, 6) is 3.36. The van der Waals surface area contributed by atoms with Crippen molar-refractivity contribution in [2.45, 2.75) is 45.7 Å². The molecule has 0 aliphatic carbocycles. The largest absolute Gasteiger partial charge is 0.492 e. The highest BCUT2D eigenvalue weighted by molar-refractivity contribution is 6.32. The number of hydrogen-bond acceptors (Lipinski definition) is 2. The van der Waals surface area contributed by atoms with Crippen molar-refractivity contribution in [3.8, 4) is 18.1 Å². The Bertz CT molecular complexity index is 443. The van der Waals surface area contributed by atoms with Crippen LogP contribution in [0, 0.1) is 12.3 Å². The van der Waals surface area contributed by atoms with E-state index in [9.17, 15) is 0 Å². The molecule has 0 saturated heterocycles. The van der Waals surface area contributed by atoms with Crippen molar-refractivity contribution in [1.82, 2.24) is 5.32 Å². The van der Waals surface area contributed by atoms with Gasteiger partial charge in [0.05, 0.1) is 11.6 Å². The Morgan fingerprint density at radius 3 is 2.74 bits per heavy atom. The van der Waals surface area contributed by atoms with E-state index < -0.39 is 0 Å². The maximum atomic E-state index is 6.20. The summed E-state index contributed by atoms with van der Waals surface area (Å²) in [5.41, 5.74) is 1.13. The van der Waals surface area contributed by atoms with Crippen molar-refractivity contribution in [3.63, 3.8) is 0 Å². The van der Waals surface area contributed by atoms with Crippen LogP contribution in [0.4, 0.5) is 0 Å². The maximum Gasteiger partial charge on any atom is 0.142 e. The Balaban J connectivity index is 2.69. The number of terminal acetylenes is 1. The minimum Gasteiger partial charge on any atom is -0.492 e. The molecule has 1 rings (SSSR count). The highest BCUT2D eigenvalue weighted by Crippen LogP contribution is 2.29. The fourth-order valence-corrected chi connectivity index (χ4v) is 1.81. The zero-order valence-corrected chi connectivity index (χ0v) is 12.7. The normalized spacial score (nSPS) is 11.1. The molecule has 3 heteroatoms. The molecule has 1 N–H and O–H groups in total. The topological polar surface area (TPSA) is 21.3 Å². The van der Waals surface area contributed by atoms with E-state index in [1.807, 2.05) is 18.2 Å². The minimum atomic E-state index is 0.0586. The van der Waals surface area contributed by atoms with Gasteiger partial charge < -0.3 is 10.1 Å². The number of halogens is 1. The van der Waals surface area contributed by atoms with Crippen LogP contribution >= 0.6 is 11.6 Å². The van der Waals surface area contributed by atoms with Gasteiger partial charge in [0.1, 0.15) is 5.75 Å². The van der Waals surface area contributed by atoms with Crippen LogP contribution in [0.15, 0.2) is 18.2 Å². The molecule has 19 heavy (non-hydrogen) atoms. The Morgan fingerprint density at radius 2 is 2.11 bits per heavy atom. The van der Waals surface area contributed by atoms with Crippen molar-refractivity contribution >= 4 is 11.6 Å². The molecule has 0 aliphatic rings. The van der Waals surface area contributed by atoms with Crippen LogP contribution in [0.1, 0.15) is 39.2 Å². The molecule has 0 unspecified atom stereocenters. The first-order valence-corrected chi connectivity index (χ1v) is 6.90. The van der Waals surface area contributed by atoms with E-state index in [1.165, 1.54) is 0 Å². The van der Waals surface area contributed by atoms with E-state index >= 15 is 0 Å². The second-order valence-corrected chi connectivity index (χ2v) is 5.89. The quantitative estimate of drug-likeness (QED) is 0.627. The second kappa shape index (κ2) is 7.43. The van der Waals surface area contributed by atoms with E-state index in [1.54, 1.807) is 0 Å². The number of ether oxygens (including phenoxy) is 1. The molecule has 0 fully saturated rings. The van der Waals surface area contributed by atoms with Gasteiger partial charge in [0.25, 0.3) is 0 Å². The third-order valence-corrected chi connectivity index (χ3v) is 2.87.